The number of aromatic amines is 1. The number of rotatable bonds is 8. The maximum atomic E-state index is 13.0. The van der Waals surface area contributed by atoms with Crippen LogP contribution in [0.15, 0.2) is 46.5 Å². The minimum Gasteiger partial charge on any atom is -0.508 e. The molecule has 0 unspecified atom stereocenters. The molecule has 0 spiro atoms. The first-order valence-electron chi connectivity index (χ1n) is 9.14. The van der Waals surface area contributed by atoms with Gasteiger partial charge < -0.3 is 15.0 Å². The van der Waals surface area contributed by atoms with E-state index in [0.29, 0.717) is 53.4 Å². The second-order valence-corrected chi connectivity index (χ2v) is 7.53. The molecule has 9 heteroatoms. The number of aromatic hydroxyl groups is 1. The quantitative estimate of drug-likeness (QED) is 0.335. The van der Waals surface area contributed by atoms with Gasteiger partial charge >= 0.3 is 0 Å². The Hall–Kier alpha value is -3.25. The van der Waals surface area contributed by atoms with Crippen LogP contribution in [0.25, 0.3) is 16.7 Å². The number of nitriles is 1. The van der Waals surface area contributed by atoms with Crippen molar-refractivity contribution in [1.82, 2.24) is 19.4 Å². The fraction of sp³-hybridized carbons (Fsp3) is 0.300. The summed E-state index contributed by atoms with van der Waals surface area (Å²) in [6, 6.07) is 10.1. The van der Waals surface area contributed by atoms with Crippen molar-refractivity contribution in [2.24, 2.45) is 0 Å². The number of amides is 1. The van der Waals surface area contributed by atoms with Gasteiger partial charge in [-0.3, -0.25) is 14.2 Å². The average molecular weight is 411 g/mol. The second kappa shape index (κ2) is 9.30. The van der Waals surface area contributed by atoms with Crippen LogP contribution in [-0.2, 0) is 4.79 Å². The van der Waals surface area contributed by atoms with Crippen molar-refractivity contribution in [3.05, 3.63) is 46.9 Å². The Morgan fingerprint density at radius 3 is 2.83 bits per heavy atom. The predicted octanol–water partition coefficient (Wildman–Crippen LogP) is 2.66. The Bertz CT molecular complexity index is 1100. The molecule has 0 aliphatic carbocycles. The number of H-pyrrole nitrogens is 1. The molecule has 3 rings (SSSR count). The van der Waals surface area contributed by atoms with E-state index in [1.165, 1.54) is 28.5 Å². The van der Waals surface area contributed by atoms with Gasteiger partial charge in [-0.1, -0.05) is 11.8 Å². The van der Waals surface area contributed by atoms with Crippen molar-refractivity contribution in [2.45, 2.75) is 24.4 Å². The summed E-state index contributed by atoms with van der Waals surface area (Å²) in [4.78, 5) is 34.1. The zero-order chi connectivity index (χ0) is 20.8. The molecule has 8 nitrogen and oxygen atoms in total. The summed E-state index contributed by atoms with van der Waals surface area (Å²) in [6.07, 6.45) is 2.97. The van der Waals surface area contributed by atoms with Crippen LogP contribution in [0.2, 0.25) is 0 Å². The lowest BCUT2D eigenvalue weighted by Gasteiger charge is -2.15. The molecule has 150 valence electrons. The number of fused-ring (bicyclic) bond motifs is 1. The van der Waals surface area contributed by atoms with Crippen LogP contribution in [0.5, 0.6) is 5.75 Å². The number of aromatic nitrogens is 3. The topological polar surface area (TPSA) is 115 Å². The van der Waals surface area contributed by atoms with Crippen LogP contribution >= 0.6 is 11.8 Å². The lowest BCUT2D eigenvalue weighted by Crippen LogP contribution is -2.27. The number of nitrogens with one attached hydrogen (secondary N) is 1. The summed E-state index contributed by atoms with van der Waals surface area (Å²) in [5.41, 5.74) is 1.38. The fourth-order valence-corrected chi connectivity index (χ4v) is 3.78. The summed E-state index contributed by atoms with van der Waals surface area (Å²) >= 11 is 1.40. The highest BCUT2D eigenvalue weighted by atomic mass is 32.2. The summed E-state index contributed by atoms with van der Waals surface area (Å²) in [5, 5.41) is 18.7. The molecule has 3 aromatic rings. The monoisotopic (exact) mass is 411 g/mol. The van der Waals surface area contributed by atoms with Gasteiger partial charge in [0.2, 0.25) is 5.91 Å². The third kappa shape index (κ3) is 4.78. The molecule has 2 aromatic heterocycles. The number of carbonyl (C=O) groups excluding carboxylic acids is 1. The first-order valence-corrected chi connectivity index (χ1v) is 10.1. The predicted molar refractivity (Wildman–Crippen MR) is 111 cm³/mol. The van der Waals surface area contributed by atoms with E-state index >= 15 is 0 Å². The summed E-state index contributed by atoms with van der Waals surface area (Å²) in [5.74, 6) is 0.716. The van der Waals surface area contributed by atoms with Crippen LogP contribution in [0.1, 0.15) is 19.3 Å². The minimum atomic E-state index is -0.222. The van der Waals surface area contributed by atoms with Gasteiger partial charge in [0, 0.05) is 32.0 Å². The zero-order valence-corrected chi connectivity index (χ0v) is 16.8. The molecule has 0 fully saturated rings. The van der Waals surface area contributed by atoms with Crippen LogP contribution in [0.3, 0.4) is 0 Å². The van der Waals surface area contributed by atoms with Crippen molar-refractivity contribution in [1.29, 1.82) is 5.26 Å². The summed E-state index contributed by atoms with van der Waals surface area (Å²) < 4.78 is 1.50. The Morgan fingerprint density at radius 1 is 1.34 bits per heavy atom. The van der Waals surface area contributed by atoms with Gasteiger partial charge in [-0.25, -0.2) is 4.98 Å². The molecule has 1 amide bonds. The molecule has 0 radical (unpaired) electrons. The van der Waals surface area contributed by atoms with Crippen LogP contribution in [-0.4, -0.2) is 49.8 Å². The summed E-state index contributed by atoms with van der Waals surface area (Å²) in [7, 11) is 1.69. The highest BCUT2D eigenvalue weighted by molar-refractivity contribution is 7.99. The molecule has 0 aliphatic rings. The van der Waals surface area contributed by atoms with Crippen molar-refractivity contribution < 1.29 is 9.90 Å². The fourth-order valence-electron chi connectivity index (χ4n) is 2.82. The Balaban J connectivity index is 1.76. The second-order valence-electron chi connectivity index (χ2n) is 6.46. The van der Waals surface area contributed by atoms with Gasteiger partial charge in [-0.2, -0.15) is 5.26 Å². The number of thioether (sulfide) groups is 1. The molecule has 0 saturated carbocycles. The molecule has 2 heterocycles. The van der Waals surface area contributed by atoms with Crippen LogP contribution in [0.4, 0.5) is 0 Å². The Kier molecular flexibility index (Phi) is 6.57. The SMILES string of the molecule is CN(CCC#N)C(=O)CCCSc1nc2cc[nH]c2c(=O)n1-c1ccc(O)cc1. The number of nitrogens with zero attached hydrogens (tertiary/aromatic N) is 4. The van der Waals surface area contributed by atoms with E-state index in [9.17, 15) is 14.7 Å². The van der Waals surface area contributed by atoms with Crippen molar-refractivity contribution in [3.63, 3.8) is 0 Å². The standard InChI is InChI=1S/C20H21N5O3S/c1-24(12-3-10-21)17(27)4-2-13-29-20-23-16-9-11-22-18(16)19(28)25(20)14-5-7-15(26)8-6-14/h5-9,11,22,26H,2-4,12-13H2,1H3. The zero-order valence-electron chi connectivity index (χ0n) is 16.0. The molecule has 0 atom stereocenters. The van der Waals surface area contributed by atoms with Crippen molar-refractivity contribution in [2.75, 3.05) is 19.3 Å². The van der Waals surface area contributed by atoms with E-state index in [1.807, 2.05) is 6.07 Å². The van der Waals surface area contributed by atoms with Crippen molar-refractivity contribution in [3.8, 4) is 17.5 Å². The van der Waals surface area contributed by atoms with Crippen LogP contribution in [0, 0.1) is 11.3 Å². The highest BCUT2D eigenvalue weighted by Gasteiger charge is 2.15. The largest absolute Gasteiger partial charge is 0.508 e. The highest BCUT2D eigenvalue weighted by Crippen LogP contribution is 2.23. The van der Waals surface area contributed by atoms with Crippen molar-refractivity contribution >= 4 is 28.7 Å². The number of carbonyl (C=O) groups is 1. The first-order chi connectivity index (χ1) is 14.0. The van der Waals surface area contributed by atoms with Gasteiger partial charge in [-0.15, -0.1) is 0 Å². The molecular weight excluding hydrogens is 390 g/mol. The average Bonchev–Trinajstić information content (AvgIpc) is 3.19. The maximum absolute atomic E-state index is 13.0. The van der Waals surface area contributed by atoms with E-state index in [-0.39, 0.29) is 17.2 Å². The molecule has 0 saturated heterocycles. The molecule has 0 bridgehead atoms. The number of benzene rings is 1. The van der Waals surface area contributed by atoms with E-state index in [1.54, 1.807) is 36.3 Å². The van der Waals surface area contributed by atoms with E-state index in [2.05, 4.69) is 9.97 Å². The van der Waals surface area contributed by atoms with E-state index < -0.39 is 0 Å². The minimum absolute atomic E-state index is 0.00850. The molecule has 0 aliphatic heterocycles. The lowest BCUT2D eigenvalue weighted by atomic mass is 10.3. The van der Waals surface area contributed by atoms with Crippen LogP contribution < -0.4 is 5.56 Å². The maximum Gasteiger partial charge on any atom is 0.283 e. The third-order valence-corrected chi connectivity index (χ3v) is 5.43. The van der Waals surface area contributed by atoms with Gasteiger partial charge in [0.1, 0.15) is 11.3 Å². The van der Waals surface area contributed by atoms with Gasteiger partial charge in [0.25, 0.3) is 5.56 Å². The Morgan fingerprint density at radius 2 is 2.10 bits per heavy atom. The van der Waals surface area contributed by atoms with Gasteiger partial charge in [0.15, 0.2) is 5.16 Å². The summed E-state index contributed by atoms with van der Waals surface area (Å²) in [6.45, 7) is 0.425. The van der Waals surface area contributed by atoms with E-state index in [0.717, 1.165) is 0 Å². The molecular formula is C20H21N5O3S. The normalized spacial score (nSPS) is 10.8. The lowest BCUT2D eigenvalue weighted by molar-refractivity contribution is -0.129. The van der Waals surface area contributed by atoms with E-state index in [4.69, 9.17) is 5.26 Å². The van der Waals surface area contributed by atoms with Gasteiger partial charge in [-0.05, 0) is 36.8 Å². The Labute approximate surface area is 171 Å². The molecule has 29 heavy (non-hydrogen) atoms. The molecule has 2 N–H and O–H groups in total. The number of hydrogen-bond acceptors (Lipinski definition) is 6. The number of phenolic OH excluding ortho intramolecular Hbond substituents is 1. The molecule has 1 aromatic carbocycles. The van der Waals surface area contributed by atoms with Gasteiger partial charge in [0.05, 0.1) is 23.7 Å². The number of hydrogen-bond donors (Lipinski definition) is 2. The third-order valence-electron chi connectivity index (χ3n) is 4.41. The first kappa shape index (κ1) is 20.5. The number of phenols is 1. The smallest absolute Gasteiger partial charge is 0.283 e.